The minimum atomic E-state index is -2.88. The molecule has 0 saturated carbocycles. The molecule has 4 heterocycles. The van der Waals surface area contributed by atoms with Crippen LogP contribution in [0.3, 0.4) is 0 Å². The molecule has 8 aromatic carbocycles. The Hall–Kier alpha value is -7.87. The van der Waals surface area contributed by atoms with Crippen LogP contribution in [0.5, 0.6) is 0 Å². The fourth-order valence-electron chi connectivity index (χ4n) is 10.5. The lowest BCUT2D eigenvalue weighted by Gasteiger charge is -2.34. The van der Waals surface area contributed by atoms with E-state index in [1.165, 1.54) is 42.6 Å². The van der Waals surface area contributed by atoms with Gasteiger partial charge in [0.1, 0.15) is 5.82 Å². The molecule has 6 nitrogen and oxygen atoms in total. The average Bonchev–Trinajstić information content (AvgIpc) is 4.01. The second-order valence-corrected chi connectivity index (χ2v) is 24.0. The molecule has 4 aromatic heterocycles. The van der Waals surface area contributed by atoms with Crippen molar-refractivity contribution in [2.45, 2.75) is 52.4 Å². The Labute approximate surface area is 397 Å². The average molecular weight is 897 g/mol. The van der Waals surface area contributed by atoms with Crippen LogP contribution in [0.4, 0.5) is 0 Å². The quantitative estimate of drug-likeness (QED) is 0.118. The van der Waals surface area contributed by atoms with E-state index in [4.69, 9.17) is 15.0 Å². The summed E-state index contributed by atoms with van der Waals surface area (Å²) >= 11 is 0. The third kappa shape index (κ3) is 6.55. The van der Waals surface area contributed by atoms with E-state index >= 15 is 0 Å². The molecule has 0 fully saturated rings. The van der Waals surface area contributed by atoms with Crippen LogP contribution in [0, 0.1) is 0 Å². The van der Waals surface area contributed by atoms with Crippen LogP contribution in [0.25, 0.3) is 72.7 Å². The normalized spacial score (nSPS) is 12.6. The molecule has 0 aliphatic carbocycles. The predicted octanol–water partition coefficient (Wildman–Crippen LogP) is 12.0. The number of hydrogen-bond donors (Lipinski definition) is 0. The fraction of sp³-hybridized carbons (Fsp3) is 0.131. The minimum Gasteiger partial charge on any atom is -0.294 e. The van der Waals surface area contributed by atoms with Crippen LogP contribution >= 0.6 is 0 Å². The van der Waals surface area contributed by atoms with Crippen molar-refractivity contribution in [3.63, 3.8) is 0 Å². The standard InChI is InChI=1S/C61H52N6Si/c1-60(2,3)42-33-35-48-49-36-34-43(61(4,5)6)39-56(49)65(55(48)38-42)57-40-51(62-58(64-57)67-54-32-19-18-31-53(54)66-52-30-17-16-29-50(52)63-59(66)67)41-21-20-28-47(37-41)68(44-22-10-7-11-23-44,45-24-12-8-13-25-45)46-26-14-9-15-27-46/h7-40H,1-6H3. The summed E-state index contributed by atoms with van der Waals surface area (Å²) in [4.78, 5) is 16.6. The van der Waals surface area contributed by atoms with Crippen molar-refractivity contribution in [1.29, 1.82) is 0 Å². The van der Waals surface area contributed by atoms with Gasteiger partial charge < -0.3 is 0 Å². The first-order valence-corrected chi connectivity index (χ1v) is 25.6. The molecule has 0 aliphatic rings. The highest BCUT2D eigenvalue weighted by Crippen LogP contribution is 2.38. The molecule has 0 radical (unpaired) electrons. The highest BCUT2D eigenvalue weighted by atomic mass is 28.3. The second kappa shape index (κ2) is 15.6. The number of hydrogen-bond acceptors (Lipinski definition) is 3. The Balaban J connectivity index is 1.20. The summed E-state index contributed by atoms with van der Waals surface area (Å²) < 4.78 is 6.78. The number of rotatable bonds is 7. The van der Waals surface area contributed by atoms with Crippen molar-refractivity contribution >= 4 is 78.5 Å². The highest BCUT2D eigenvalue weighted by molar-refractivity contribution is 7.19. The molecule has 12 aromatic rings. The van der Waals surface area contributed by atoms with Gasteiger partial charge in [0.2, 0.25) is 11.7 Å². The van der Waals surface area contributed by atoms with Gasteiger partial charge in [-0.3, -0.25) is 8.97 Å². The first kappa shape index (κ1) is 41.6. The van der Waals surface area contributed by atoms with E-state index in [1.807, 2.05) is 6.07 Å². The molecule has 0 N–H and O–H groups in total. The molecule has 0 atom stereocenters. The number of nitrogens with zero attached hydrogens (tertiary/aromatic N) is 6. The Kier molecular flexibility index (Phi) is 9.54. The van der Waals surface area contributed by atoms with Gasteiger partial charge in [-0.2, -0.15) is 4.98 Å². The lowest BCUT2D eigenvalue weighted by atomic mass is 9.86. The number of fused-ring (bicyclic) bond motifs is 8. The largest absolute Gasteiger partial charge is 0.294 e. The SMILES string of the molecule is CC(C)(C)c1ccc2c3ccc(C(C)(C)C)cc3n(-c3cc(-c4cccc([Si](c5ccccc5)(c5ccccc5)c5ccccc5)c4)nc(-n4c5ccccc5n5c6ccccc6nc45)n3)c2c1. The molecule has 0 spiro atoms. The second-order valence-electron chi connectivity index (χ2n) is 20.2. The number of para-hydroxylation sites is 4. The lowest BCUT2D eigenvalue weighted by Crippen LogP contribution is -2.74. The van der Waals surface area contributed by atoms with Crippen molar-refractivity contribution in [1.82, 2.24) is 28.5 Å². The summed E-state index contributed by atoms with van der Waals surface area (Å²) in [7, 11) is -2.88. The molecule has 12 rings (SSSR count). The summed E-state index contributed by atoms with van der Waals surface area (Å²) in [5.74, 6) is 2.11. The van der Waals surface area contributed by atoms with Crippen LogP contribution in [-0.4, -0.2) is 36.6 Å². The molecule has 0 bridgehead atoms. The van der Waals surface area contributed by atoms with E-state index in [-0.39, 0.29) is 10.8 Å². The Morgan fingerprint density at radius 3 is 1.44 bits per heavy atom. The van der Waals surface area contributed by atoms with E-state index in [9.17, 15) is 0 Å². The van der Waals surface area contributed by atoms with Crippen molar-refractivity contribution in [3.8, 4) is 23.0 Å². The first-order chi connectivity index (χ1) is 33.0. The summed E-state index contributed by atoms with van der Waals surface area (Å²) in [6.45, 7) is 13.7. The molecule has 0 saturated heterocycles. The van der Waals surface area contributed by atoms with E-state index < -0.39 is 8.07 Å². The molecule has 7 heteroatoms. The molecule has 0 unspecified atom stereocenters. The summed E-state index contributed by atoms with van der Waals surface area (Å²) in [6, 6.07) is 75.5. The zero-order valence-corrected chi connectivity index (χ0v) is 40.3. The Morgan fingerprint density at radius 1 is 0.382 bits per heavy atom. The van der Waals surface area contributed by atoms with Crippen LogP contribution in [0.15, 0.2) is 206 Å². The summed E-state index contributed by atoms with van der Waals surface area (Å²) in [6.07, 6.45) is 0. The molecule has 330 valence electrons. The number of imidazole rings is 2. The van der Waals surface area contributed by atoms with Gasteiger partial charge in [0.25, 0.3) is 0 Å². The molecular weight excluding hydrogens is 845 g/mol. The van der Waals surface area contributed by atoms with Crippen LogP contribution in [0.1, 0.15) is 52.7 Å². The molecular formula is C61H52N6Si. The van der Waals surface area contributed by atoms with Crippen LogP contribution in [0.2, 0.25) is 0 Å². The topological polar surface area (TPSA) is 52.9 Å². The van der Waals surface area contributed by atoms with Crippen molar-refractivity contribution in [2.24, 2.45) is 0 Å². The van der Waals surface area contributed by atoms with Crippen molar-refractivity contribution in [3.05, 3.63) is 217 Å². The van der Waals surface area contributed by atoms with E-state index in [2.05, 4.69) is 255 Å². The van der Waals surface area contributed by atoms with Gasteiger partial charge >= 0.3 is 0 Å². The highest BCUT2D eigenvalue weighted by Gasteiger charge is 2.41. The molecule has 0 aliphatic heterocycles. The fourth-order valence-corrected chi connectivity index (χ4v) is 15.3. The first-order valence-electron chi connectivity index (χ1n) is 23.6. The lowest BCUT2D eigenvalue weighted by molar-refractivity contribution is 0.591. The van der Waals surface area contributed by atoms with Gasteiger partial charge in [0.15, 0.2) is 8.07 Å². The Morgan fingerprint density at radius 2 is 0.882 bits per heavy atom. The minimum absolute atomic E-state index is 0.0700. The number of aromatic nitrogens is 6. The van der Waals surface area contributed by atoms with Gasteiger partial charge in [0, 0.05) is 22.4 Å². The third-order valence-corrected chi connectivity index (χ3v) is 18.7. The van der Waals surface area contributed by atoms with Gasteiger partial charge in [-0.05, 0) is 79.1 Å². The van der Waals surface area contributed by atoms with Crippen LogP contribution < -0.4 is 20.7 Å². The smallest absolute Gasteiger partial charge is 0.239 e. The summed E-state index contributed by atoms with van der Waals surface area (Å²) in [5, 5.41) is 7.61. The van der Waals surface area contributed by atoms with Crippen molar-refractivity contribution < 1.29 is 0 Å². The zero-order valence-electron chi connectivity index (χ0n) is 39.3. The van der Waals surface area contributed by atoms with Gasteiger partial charge in [-0.25, -0.2) is 14.5 Å². The Bertz CT molecular complexity index is 3700. The number of benzene rings is 8. The van der Waals surface area contributed by atoms with E-state index in [0.29, 0.717) is 5.95 Å². The molecule has 0 amide bonds. The predicted molar refractivity (Wildman–Crippen MR) is 286 cm³/mol. The van der Waals surface area contributed by atoms with Gasteiger partial charge in [0.05, 0.1) is 38.8 Å². The maximum atomic E-state index is 5.68. The van der Waals surface area contributed by atoms with E-state index in [0.717, 1.165) is 56.0 Å². The summed E-state index contributed by atoms with van der Waals surface area (Å²) in [5.41, 5.74) is 10.4. The monoisotopic (exact) mass is 896 g/mol. The van der Waals surface area contributed by atoms with Crippen LogP contribution in [-0.2, 0) is 10.8 Å². The van der Waals surface area contributed by atoms with Crippen molar-refractivity contribution in [2.75, 3.05) is 0 Å². The maximum absolute atomic E-state index is 5.68. The third-order valence-electron chi connectivity index (χ3n) is 13.9. The van der Waals surface area contributed by atoms with E-state index in [1.54, 1.807) is 0 Å². The zero-order chi connectivity index (χ0) is 46.4. The van der Waals surface area contributed by atoms with Gasteiger partial charge in [-0.15, -0.1) is 0 Å². The molecule has 68 heavy (non-hydrogen) atoms. The van der Waals surface area contributed by atoms with Gasteiger partial charge in [-0.1, -0.05) is 205 Å². The maximum Gasteiger partial charge on any atom is 0.239 e.